The van der Waals surface area contributed by atoms with E-state index in [1.807, 2.05) is 29.2 Å². The number of nitrogens with zero attached hydrogens (tertiary/aromatic N) is 2. The van der Waals surface area contributed by atoms with Gasteiger partial charge in [-0.1, -0.05) is 12.1 Å². The molecule has 0 radical (unpaired) electrons. The maximum absolute atomic E-state index is 13.0. The normalized spacial score (nSPS) is 13.4. The Morgan fingerprint density at radius 3 is 2.17 bits per heavy atom. The summed E-state index contributed by atoms with van der Waals surface area (Å²) in [6, 6.07) is 21.1. The van der Waals surface area contributed by atoms with Gasteiger partial charge in [-0.25, -0.2) is 4.39 Å². The van der Waals surface area contributed by atoms with Crippen LogP contribution in [0.5, 0.6) is 5.75 Å². The molecule has 1 fully saturated rings. The molecular weight excluding hydrogens is 447 g/mol. The van der Waals surface area contributed by atoms with Crippen LogP contribution in [0.1, 0.15) is 15.9 Å². The smallest absolute Gasteiger partial charge is 0.253 e. The average molecular weight is 477 g/mol. The molecule has 0 aliphatic carbocycles. The number of nitrogens with one attached hydrogen (secondary N) is 2. The number of halogens is 1. The van der Waals surface area contributed by atoms with Crippen molar-refractivity contribution in [2.45, 2.75) is 6.54 Å². The summed E-state index contributed by atoms with van der Waals surface area (Å²) in [5.74, 6) is 0.329. The van der Waals surface area contributed by atoms with Gasteiger partial charge in [-0.3, -0.25) is 9.59 Å². The fourth-order valence-corrected chi connectivity index (χ4v) is 3.97. The minimum Gasteiger partial charge on any atom is -0.497 e. The Kier molecular flexibility index (Phi) is 7.95. The lowest BCUT2D eigenvalue weighted by Gasteiger charge is -2.36. The van der Waals surface area contributed by atoms with Crippen LogP contribution in [-0.4, -0.2) is 56.5 Å². The summed E-state index contributed by atoms with van der Waals surface area (Å²) >= 11 is 0. The van der Waals surface area contributed by atoms with E-state index in [0.29, 0.717) is 25.2 Å². The highest BCUT2D eigenvalue weighted by atomic mass is 19.1. The van der Waals surface area contributed by atoms with Crippen LogP contribution in [0.4, 0.5) is 15.8 Å². The van der Waals surface area contributed by atoms with Gasteiger partial charge >= 0.3 is 0 Å². The van der Waals surface area contributed by atoms with Crippen molar-refractivity contribution in [2.24, 2.45) is 0 Å². The van der Waals surface area contributed by atoms with Gasteiger partial charge in [0.15, 0.2) is 0 Å². The molecule has 0 saturated carbocycles. The summed E-state index contributed by atoms with van der Waals surface area (Å²) < 4.78 is 18.1. The van der Waals surface area contributed by atoms with Gasteiger partial charge in [0, 0.05) is 49.7 Å². The Balaban J connectivity index is 1.22. The van der Waals surface area contributed by atoms with E-state index in [1.54, 1.807) is 43.5 Å². The lowest BCUT2D eigenvalue weighted by Crippen LogP contribution is -2.48. The molecule has 2 amide bonds. The predicted molar refractivity (Wildman–Crippen MR) is 134 cm³/mol. The maximum Gasteiger partial charge on any atom is 0.253 e. The molecule has 1 aliphatic rings. The second-order valence-electron chi connectivity index (χ2n) is 8.33. The summed E-state index contributed by atoms with van der Waals surface area (Å²) in [7, 11) is 1.60. The third kappa shape index (κ3) is 6.58. The first-order valence-electron chi connectivity index (χ1n) is 11.6. The van der Waals surface area contributed by atoms with E-state index in [2.05, 4.69) is 15.5 Å². The molecule has 8 heteroatoms. The van der Waals surface area contributed by atoms with Gasteiger partial charge in [0.05, 0.1) is 13.7 Å². The minimum atomic E-state index is -0.279. The zero-order valence-corrected chi connectivity index (χ0v) is 19.7. The van der Waals surface area contributed by atoms with E-state index >= 15 is 0 Å². The summed E-state index contributed by atoms with van der Waals surface area (Å²) in [5, 5.41) is 5.93. The van der Waals surface area contributed by atoms with Gasteiger partial charge in [-0.05, 0) is 66.2 Å². The van der Waals surface area contributed by atoms with Crippen LogP contribution in [0.25, 0.3) is 0 Å². The minimum absolute atomic E-state index is 0.0263. The Hall–Kier alpha value is -3.91. The van der Waals surface area contributed by atoms with Gasteiger partial charge in [0.1, 0.15) is 11.6 Å². The van der Waals surface area contributed by atoms with Gasteiger partial charge in [0.2, 0.25) is 5.91 Å². The average Bonchev–Trinajstić information content (AvgIpc) is 2.90. The molecule has 1 heterocycles. The highest BCUT2D eigenvalue weighted by Crippen LogP contribution is 2.21. The fourth-order valence-electron chi connectivity index (χ4n) is 3.97. The Labute approximate surface area is 204 Å². The number of hydrogen-bond acceptors (Lipinski definition) is 5. The van der Waals surface area contributed by atoms with Crippen LogP contribution in [0.3, 0.4) is 0 Å². The van der Waals surface area contributed by atoms with Crippen LogP contribution >= 0.6 is 0 Å². The van der Waals surface area contributed by atoms with E-state index in [0.717, 1.165) is 35.8 Å². The number of piperazine rings is 1. The summed E-state index contributed by atoms with van der Waals surface area (Å²) in [5.41, 5.74) is 3.34. The third-order valence-corrected chi connectivity index (χ3v) is 5.95. The van der Waals surface area contributed by atoms with Gasteiger partial charge in [-0.2, -0.15) is 0 Å². The lowest BCUT2D eigenvalue weighted by molar-refractivity contribution is -0.115. The van der Waals surface area contributed by atoms with E-state index in [-0.39, 0.29) is 24.2 Å². The number of amides is 2. The van der Waals surface area contributed by atoms with Gasteiger partial charge < -0.3 is 25.2 Å². The highest BCUT2D eigenvalue weighted by molar-refractivity contribution is 5.94. The van der Waals surface area contributed by atoms with Crippen molar-refractivity contribution >= 4 is 23.2 Å². The lowest BCUT2D eigenvalue weighted by atomic mass is 10.1. The van der Waals surface area contributed by atoms with Crippen molar-refractivity contribution < 1.29 is 18.7 Å². The number of methoxy groups -OCH3 is 1. The van der Waals surface area contributed by atoms with Crippen molar-refractivity contribution in [3.05, 3.63) is 89.7 Å². The van der Waals surface area contributed by atoms with E-state index in [9.17, 15) is 14.0 Å². The zero-order chi connectivity index (χ0) is 24.6. The third-order valence-electron chi connectivity index (χ3n) is 5.95. The zero-order valence-electron chi connectivity index (χ0n) is 19.7. The molecule has 0 bridgehead atoms. The molecular formula is C27H29FN4O3. The number of benzene rings is 3. The molecule has 2 N–H and O–H groups in total. The first kappa shape index (κ1) is 24.2. The molecule has 0 spiro atoms. The first-order chi connectivity index (χ1) is 17.0. The summed E-state index contributed by atoms with van der Waals surface area (Å²) in [4.78, 5) is 29.1. The predicted octanol–water partition coefficient (Wildman–Crippen LogP) is 3.53. The Bertz CT molecular complexity index is 1130. The largest absolute Gasteiger partial charge is 0.497 e. The van der Waals surface area contributed by atoms with E-state index in [1.165, 1.54) is 12.1 Å². The molecule has 0 unspecified atom stereocenters. The van der Waals surface area contributed by atoms with Crippen LogP contribution in [0.2, 0.25) is 0 Å². The fraction of sp³-hybridized carbons (Fsp3) is 0.259. The van der Waals surface area contributed by atoms with Gasteiger partial charge in [0.25, 0.3) is 5.91 Å². The van der Waals surface area contributed by atoms with Crippen LogP contribution in [0.15, 0.2) is 72.8 Å². The molecule has 1 aliphatic heterocycles. The molecule has 0 atom stereocenters. The number of carbonyl (C=O) groups is 2. The number of anilines is 2. The topological polar surface area (TPSA) is 73.9 Å². The number of ether oxygens (including phenoxy) is 1. The first-order valence-corrected chi connectivity index (χ1v) is 11.6. The number of carbonyl (C=O) groups excluding carboxylic acids is 2. The molecule has 35 heavy (non-hydrogen) atoms. The molecule has 182 valence electrons. The summed E-state index contributed by atoms with van der Waals surface area (Å²) in [6.07, 6.45) is 0. The van der Waals surface area contributed by atoms with Crippen molar-refractivity contribution in [1.82, 2.24) is 10.2 Å². The van der Waals surface area contributed by atoms with Crippen molar-refractivity contribution in [2.75, 3.05) is 50.1 Å². The molecule has 3 aromatic carbocycles. The molecule has 0 aromatic heterocycles. The Morgan fingerprint density at radius 1 is 0.886 bits per heavy atom. The van der Waals surface area contributed by atoms with Crippen molar-refractivity contribution in [3.8, 4) is 5.75 Å². The molecule has 1 saturated heterocycles. The van der Waals surface area contributed by atoms with Crippen LogP contribution in [-0.2, 0) is 11.3 Å². The summed E-state index contributed by atoms with van der Waals surface area (Å²) in [6.45, 7) is 3.40. The monoisotopic (exact) mass is 476 g/mol. The second-order valence-corrected chi connectivity index (χ2v) is 8.33. The van der Waals surface area contributed by atoms with E-state index < -0.39 is 0 Å². The number of rotatable bonds is 8. The Morgan fingerprint density at radius 2 is 1.54 bits per heavy atom. The van der Waals surface area contributed by atoms with Crippen molar-refractivity contribution in [3.63, 3.8) is 0 Å². The van der Waals surface area contributed by atoms with Gasteiger partial charge in [-0.15, -0.1) is 0 Å². The molecule has 4 rings (SSSR count). The SMILES string of the molecule is COc1ccc(C(=O)N2CCN(c3ccc(NC(=O)CNCc4ccc(F)cc4)cc3)CC2)cc1. The molecule has 7 nitrogen and oxygen atoms in total. The number of hydrogen-bond donors (Lipinski definition) is 2. The van der Waals surface area contributed by atoms with E-state index in [4.69, 9.17) is 4.74 Å². The standard InChI is InChI=1S/C27H29FN4O3/c1-35-25-12-4-21(5-13-25)27(34)32-16-14-31(15-17-32)24-10-8-23(9-11-24)30-26(33)19-29-18-20-2-6-22(28)7-3-20/h2-13,29H,14-19H2,1H3,(H,30,33). The quantitative estimate of drug-likeness (QED) is 0.521. The molecule has 3 aromatic rings. The highest BCUT2D eigenvalue weighted by Gasteiger charge is 2.22. The van der Waals surface area contributed by atoms with Crippen LogP contribution < -0.4 is 20.3 Å². The maximum atomic E-state index is 13.0. The second kappa shape index (κ2) is 11.5. The van der Waals surface area contributed by atoms with Crippen LogP contribution in [0, 0.1) is 5.82 Å². The van der Waals surface area contributed by atoms with Crippen molar-refractivity contribution in [1.29, 1.82) is 0 Å².